The molecule has 0 fully saturated rings. The lowest BCUT2D eigenvalue weighted by Gasteiger charge is -2.04. The van der Waals surface area contributed by atoms with E-state index in [0.29, 0.717) is 18.1 Å². The van der Waals surface area contributed by atoms with Gasteiger partial charge >= 0.3 is 0 Å². The number of likely N-dealkylation sites (N-methyl/N-ethyl adjacent to an activating group) is 1. The van der Waals surface area contributed by atoms with Gasteiger partial charge in [-0.2, -0.15) is 4.98 Å². The lowest BCUT2D eigenvalue weighted by atomic mass is 10.1. The van der Waals surface area contributed by atoms with Crippen LogP contribution in [-0.4, -0.2) is 37.9 Å². The normalized spacial score (nSPS) is 13.3. The summed E-state index contributed by atoms with van der Waals surface area (Å²) in [5, 5.41) is 7.05. The molecule has 7 heteroatoms. The summed E-state index contributed by atoms with van der Waals surface area (Å²) >= 11 is 0. The van der Waals surface area contributed by atoms with Crippen molar-refractivity contribution in [1.29, 1.82) is 0 Å². The number of sulfone groups is 1. The maximum Gasteiger partial charge on any atom is 0.257 e. The summed E-state index contributed by atoms with van der Waals surface area (Å²) in [7, 11) is -1.14. The number of rotatable bonds is 6. The molecule has 1 unspecified atom stereocenters. The van der Waals surface area contributed by atoms with Crippen LogP contribution in [0.2, 0.25) is 0 Å². The molecular formula is C14H19N3O3S. The Bertz CT molecular complexity index is 693. The molecule has 0 saturated carbocycles. The van der Waals surface area contributed by atoms with E-state index in [4.69, 9.17) is 4.52 Å². The van der Waals surface area contributed by atoms with E-state index in [9.17, 15) is 8.42 Å². The van der Waals surface area contributed by atoms with Crippen molar-refractivity contribution in [2.75, 3.05) is 13.3 Å². The molecule has 2 rings (SSSR count). The van der Waals surface area contributed by atoms with Crippen molar-refractivity contribution in [3.05, 3.63) is 35.7 Å². The Kier molecular flexibility index (Phi) is 4.74. The van der Waals surface area contributed by atoms with Crippen molar-refractivity contribution in [1.82, 2.24) is 15.5 Å². The predicted octanol–water partition coefficient (Wildman–Crippen LogP) is 1.43. The van der Waals surface area contributed by atoms with Crippen LogP contribution in [0.25, 0.3) is 11.5 Å². The van der Waals surface area contributed by atoms with Crippen LogP contribution in [0.3, 0.4) is 0 Å². The summed E-state index contributed by atoms with van der Waals surface area (Å²) in [5.74, 6) is 1.12. The van der Waals surface area contributed by atoms with E-state index in [1.54, 1.807) is 24.3 Å². The molecule has 1 N–H and O–H groups in total. The van der Waals surface area contributed by atoms with Crippen LogP contribution < -0.4 is 5.32 Å². The van der Waals surface area contributed by atoms with Crippen LogP contribution in [0.5, 0.6) is 0 Å². The zero-order chi connectivity index (χ0) is 15.5. The molecule has 0 amide bonds. The SMILES string of the molecule is CNC(C)Cc1noc(-c2ccc(CS(C)(=O)=O)cc2)n1. The molecular weight excluding hydrogens is 290 g/mol. The second kappa shape index (κ2) is 6.36. The third-order valence-electron chi connectivity index (χ3n) is 3.08. The minimum absolute atomic E-state index is 0.0298. The van der Waals surface area contributed by atoms with Gasteiger partial charge < -0.3 is 9.84 Å². The van der Waals surface area contributed by atoms with E-state index in [0.717, 1.165) is 11.1 Å². The van der Waals surface area contributed by atoms with Crippen LogP contribution in [0.15, 0.2) is 28.8 Å². The van der Waals surface area contributed by atoms with Crippen molar-refractivity contribution < 1.29 is 12.9 Å². The standard InChI is InChI=1S/C14H19N3O3S/c1-10(15-2)8-13-16-14(20-17-13)12-6-4-11(5-7-12)9-21(3,18)19/h4-7,10,15H,8-9H2,1-3H3. The predicted molar refractivity (Wildman–Crippen MR) is 80.5 cm³/mol. The first-order valence-electron chi connectivity index (χ1n) is 6.64. The molecule has 1 aromatic heterocycles. The van der Waals surface area contributed by atoms with Crippen molar-refractivity contribution in [2.24, 2.45) is 0 Å². The minimum atomic E-state index is -3.03. The molecule has 0 saturated heterocycles. The van der Waals surface area contributed by atoms with E-state index in [1.165, 1.54) is 6.26 Å². The zero-order valence-electron chi connectivity index (χ0n) is 12.3. The smallest absolute Gasteiger partial charge is 0.257 e. The van der Waals surface area contributed by atoms with Gasteiger partial charge in [-0.1, -0.05) is 17.3 Å². The monoisotopic (exact) mass is 309 g/mol. The summed E-state index contributed by atoms with van der Waals surface area (Å²) in [6.45, 7) is 2.04. The largest absolute Gasteiger partial charge is 0.334 e. The molecule has 0 bridgehead atoms. The van der Waals surface area contributed by atoms with Crippen LogP contribution in [0.4, 0.5) is 0 Å². The second-order valence-corrected chi connectivity index (χ2v) is 7.32. The Morgan fingerprint density at radius 2 is 1.95 bits per heavy atom. The fraction of sp³-hybridized carbons (Fsp3) is 0.429. The highest BCUT2D eigenvalue weighted by Gasteiger charge is 2.11. The molecule has 6 nitrogen and oxygen atoms in total. The van der Waals surface area contributed by atoms with E-state index in [-0.39, 0.29) is 11.8 Å². The van der Waals surface area contributed by atoms with Gasteiger partial charge in [0.25, 0.3) is 5.89 Å². The average Bonchev–Trinajstić information content (AvgIpc) is 2.86. The molecule has 114 valence electrons. The van der Waals surface area contributed by atoms with Gasteiger partial charge in [0, 0.05) is 24.3 Å². The molecule has 0 aliphatic heterocycles. The first-order chi connectivity index (χ1) is 9.87. The van der Waals surface area contributed by atoms with Gasteiger partial charge in [0.1, 0.15) is 0 Å². The molecule has 21 heavy (non-hydrogen) atoms. The summed E-state index contributed by atoms with van der Waals surface area (Å²) in [6.07, 6.45) is 1.90. The lowest BCUT2D eigenvalue weighted by Crippen LogP contribution is -2.24. The Balaban J connectivity index is 2.12. The van der Waals surface area contributed by atoms with Crippen molar-refractivity contribution >= 4 is 9.84 Å². The van der Waals surface area contributed by atoms with Gasteiger partial charge in [-0.3, -0.25) is 0 Å². The summed E-state index contributed by atoms with van der Waals surface area (Å²) < 4.78 is 27.7. The highest BCUT2D eigenvalue weighted by atomic mass is 32.2. The molecule has 1 heterocycles. The Morgan fingerprint density at radius 1 is 1.29 bits per heavy atom. The number of hydrogen-bond donors (Lipinski definition) is 1. The summed E-state index contributed by atoms with van der Waals surface area (Å²) in [5.41, 5.74) is 1.52. The first-order valence-corrected chi connectivity index (χ1v) is 8.70. The third kappa shape index (κ3) is 4.64. The van der Waals surface area contributed by atoms with Crippen LogP contribution in [0, 0.1) is 0 Å². The molecule has 1 atom stereocenters. The number of hydrogen-bond acceptors (Lipinski definition) is 6. The van der Waals surface area contributed by atoms with Gasteiger partial charge in [0.05, 0.1) is 5.75 Å². The molecule has 0 radical (unpaired) electrons. The van der Waals surface area contributed by atoms with Gasteiger partial charge in [-0.25, -0.2) is 8.42 Å². The highest BCUT2D eigenvalue weighted by molar-refractivity contribution is 7.89. The molecule has 1 aromatic carbocycles. The third-order valence-corrected chi connectivity index (χ3v) is 3.94. The topological polar surface area (TPSA) is 85.1 Å². The molecule has 0 spiro atoms. The maximum atomic E-state index is 11.2. The maximum absolute atomic E-state index is 11.2. The van der Waals surface area contributed by atoms with Gasteiger partial charge in [0.15, 0.2) is 15.7 Å². The minimum Gasteiger partial charge on any atom is -0.334 e. The number of benzene rings is 1. The average molecular weight is 309 g/mol. The number of nitrogens with one attached hydrogen (secondary N) is 1. The number of nitrogens with zero attached hydrogens (tertiary/aromatic N) is 2. The fourth-order valence-electron chi connectivity index (χ4n) is 1.88. The Morgan fingerprint density at radius 3 is 2.52 bits per heavy atom. The van der Waals surface area contributed by atoms with Crippen molar-refractivity contribution in [3.63, 3.8) is 0 Å². The molecule has 0 aliphatic carbocycles. The van der Waals surface area contributed by atoms with Gasteiger partial charge in [-0.15, -0.1) is 0 Å². The Labute approximate surface area is 124 Å². The van der Waals surface area contributed by atoms with Crippen molar-refractivity contribution in [2.45, 2.75) is 25.1 Å². The van der Waals surface area contributed by atoms with E-state index >= 15 is 0 Å². The quantitative estimate of drug-likeness (QED) is 0.869. The van der Waals surface area contributed by atoms with E-state index < -0.39 is 9.84 Å². The van der Waals surface area contributed by atoms with Gasteiger partial charge in [-0.05, 0) is 31.7 Å². The van der Waals surface area contributed by atoms with E-state index in [1.807, 2.05) is 14.0 Å². The van der Waals surface area contributed by atoms with Crippen LogP contribution >= 0.6 is 0 Å². The van der Waals surface area contributed by atoms with Crippen LogP contribution in [0.1, 0.15) is 18.3 Å². The highest BCUT2D eigenvalue weighted by Crippen LogP contribution is 2.19. The summed E-state index contributed by atoms with van der Waals surface area (Å²) in [6, 6.07) is 7.37. The molecule has 2 aromatic rings. The second-order valence-electron chi connectivity index (χ2n) is 5.18. The molecule has 0 aliphatic rings. The number of aromatic nitrogens is 2. The van der Waals surface area contributed by atoms with Crippen molar-refractivity contribution in [3.8, 4) is 11.5 Å². The Hall–Kier alpha value is -1.73. The summed E-state index contributed by atoms with van der Waals surface area (Å²) in [4.78, 5) is 4.34. The lowest BCUT2D eigenvalue weighted by molar-refractivity contribution is 0.418. The fourth-order valence-corrected chi connectivity index (χ4v) is 2.67. The van der Waals surface area contributed by atoms with Crippen LogP contribution in [-0.2, 0) is 22.0 Å². The van der Waals surface area contributed by atoms with Gasteiger partial charge in [0.2, 0.25) is 0 Å². The van der Waals surface area contributed by atoms with E-state index in [2.05, 4.69) is 15.5 Å². The first kappa shape index (κ1) is 15.7. The zero-order valence-corrected chi connectivity index (χ0v) is 13.1.